The number of hydrogen-bond donors (Lipinski definition) is 0. The van der Waals surface area contributed by atoms with E-state index in [1.54, 1.807) is 18.2 Å². The molecule has 1 aromatic carbocycles. The molecule has 0 unspecified atom stereocenters. The molecular weight excluding hydrogens is 290 g/mol. The van der Waals surface area contributed by atoms with E-state index in [-0.39, 0.29) is 11.2 Å². The van der Waals surface area contributed by atoms with Crippen LogP contribution in [0.5, 0.6) is 0 Å². The van der Waals surface area contributed by atoms with Gasteiger partial charge in [-0.15, -0.1) is 0 Å². The van der Waals surface area contributed by atoms with Crippen molar-refractivity contribution in [3.05, 3.63) is 39.5 Å². The van der Waals surface area contributed by atoms with Gasteiger partial charge in [0.05, 0.1) is 10.9 Å². The summed E-state index contributed by atoms with van der Waals surface area (Å²) in [5.41, 5.74) is 2.03. The molecule has 1 aliphatic rings. The standard InChI is InChI=1S/C19H23NO3/c1-12-9-14(13(2)21)18-15(10-12)16(22)11-17(23-18)20-7-5-19(3,4)6-8-20/h9-11H,5-8H2,1-4H3. The van der Waals surface area contributed by atoms with Crippen molar-refractivity contribution in [2.24, 2.45) is 5.41 Å². The molecule has 2 aromatic rings. The Hall–Kier alpha value is -2.10. The lowest BCUT2D eigenvalue weighted by Gasteiger charge is -2.37. The van der Waals surface area contributed by atoms with Crippen molar-refractivity contribution in [1.29, 1.82) is 0 Å². The molecule has 4 nitrogen and oxygen atoms in total. The molecule has 0 amide bonds. The maximum atomic E-state index is 12.5. The van der Waals surface area contributed by atoms with Crippen LogP contribution in [0.25, 0.3) is 11.0 Å². The second kappa shape index (κ2) is 5.52. The number of aryl methyl sites for hydroxylation is 1. The fourth-order valence-electron chi connectivity index (χ4n) is 3.14. The smallest absolute Gasteiger partial charge is 0.200 e. The van der Waals surface area contributed by atoms with Crippen LogP contribution >= 0.6 is 0 Å². The number of ketones is 1. The van der Waals surface area contributed by atoms with Crippen LogP contribution in [0.3, 0.4) is 0 Å². The Kier molecular flexibility index (Phi) is 3.78. The largest absolute Gasteiger partial charge is 0.440 e. The lowest BCUT2D eigenvalue weighted by atomic mass is 9.83. The van der Waals surface area contributed by atoms with E-state index in [0.717, 1.165) is 31.5 Å². The first-order valence-electron chi connectivity index (χ1n) is 8.11. The minimum Gasteiger partial charge on any atom is -0.440 e. The van der Waals surface area contributed by atoms with Crippen LogP contribution in [0.1, 0.15) is 49.5 Å². The highest BCUT2D eigenvalue weighted by Gasteiger charge is 2.27. The molecule has 23 heavy (non-hydrogen) atoms. The minimum absolute atomic E-state index is 0.0845. The molecule has 0 radical (unpaired) electrons. The zero-order chi connectivity index (χ0) is 16.8. The summed E-state index contributed by atoms with van der Waals surface area (Å²) < 4.78 is 6.00. The molecule has 1 aromatic heterocycles. The van der Waals surface area contributed by atoms with Crippen LogP contribution in [0, 0.1) is 12.3 Å². The van der Waals surface area contributed by atoms with E-state index in [2.05, 4.69) is 18.7 Å². The highest BCUT2D eigenvalue weighted by atomic mass is 16.4. The predicted molar refractivity (Wildman–Crippen MR) is 92.5 cm³/mol. The molecule has 0 bridgehead atoms. The van der Waals surface area contributed by atoms with E-state index in [0.29, 0.717) is 27.8 Å². The number of nitrogens with zero attached hydrogens (tertiary/aromatic N) is 1. The zero-order valence-electron chi connectivity index (χ0n) is 14.2. The number of rotatable bonds is 2. The van der Waals surface area contributed by atoms with Crippen molar-refractivity contribution in [3.63, 3.8) is 0 Å². The van der Waals surface area contributed by atoms with Gasteiger partial charge in [0, 0.05) is 19.2 Å². The summed E-state index contributed by atoms with van der Waals surface area (Å²) in [7, 11) is 0. The van der Waals surface area contributed by atoms with Gasteiger partial charge in [0.15, 0.2) is 22.7 Å². The topological polar surface area (TPSA) is 50.5 Å². The molecule has 0 saturated carbocycles. The third kappa shape index (κ3) is 3.03. The number of carbonyl (C=O) groups excluding carboxylic acids is 1. The molecular formula is C19H23NO3. The maximum absolute atomic E-state index is 12.5. The Morgan fingerprint density at radius 3 is 2.43 bits per heavy atom. The number of piperidine rings is 1. The summed E-state index contributed by atoms with van der Waals surface area (Å²) in [5.74, 6) is 0.489. The molecule has 0 aliphatic carbocycles. The second-order valence-electron chi connectivity index (χ2n) is 7.35. The van der Waals surface area contributed by atoms with Gasteiger partial charge in [0.25, 0.3) is 0 Å². The lowest BCUT2D eigenvalue weighted by molar-refractivity contribution is 0.101. The number of fused-ring (bicyclic) bond motifs is 1. The van der Waals surface area contributed by atoms with E-state index in [9.17, 15) is 9.59 Å². The summed E-state index contributed by atoms with van der Waals surface area (Å²) in [5, 5.41) is 0.483. The van der Waals surface area contributed by atoms with E-state index in [4.69, 9.17) is 4.42 Å². The van der Waals surface area contributed by atoms with Crippen molar-refractivity contribution >= 4 is 22.6 Å². The van der Waals surface area contributed by atoms with Crippen LogP contribution < -0.4 is 10.3 Å². The number of anilines is 1. The monoisotopic (exact) mass is 313 g/mol. The highest BCUT2D eigenvalue weighted by Crippen LogP contribution is 2.33. The van der Waals surface area contributed by atoms with Crippen LogP contribution in [0.15, 0.2) is 27.4 Å². The average molecular weight is 313 g/mol. The van der Waals surface area contributed by atoms with Gasteiger partial charge >= 0.3 is 0 Å². The molecule has 3 rings (SSSR count). The van der Waals surface area contributed by atoms with Gasteiger partial charge in [-0.25, -0.2) is 0 Å². The molecule has 4 heteroatoms. The van der Waals surface area contributed by atoms with Gasteiger partial charge in [-0.2, -0.15) is 0 Å². The van der Waals surface area contributed by atoms with Crippen LogP contribution in [-0.2, 0) is 0 Å². The van der Waals surface area contributed by atoms with E-state index < -0.39 is 0 Å². The zero-order valence-corrected chi connectivity index (χ0v) is 14.2. The highest BCUT2D eigenvalue weighted by molar-refractivity contribution is 6.05. The first-order valence-corrected chi connectivity index (χ1v) is 8.11. The van der Waals surface area contributed by atoms with Crippen LogP contribution in [-0.4, -0.2) is 18.9 Å². The van der Waals surface area contributed by atoms with Crippen molar-refractivity contribution in [2.75, 3.05) is 18.0 Å². The first kappa shape index (κ1) is 15.8. The van der Waals surface area contributed by atoms with Crippen LogP contribution in [0.4, 0.5) is 5.88 Å². The van der Waals surface area contributed by atoms with E-state index in [1.165, 1.54) is 6.92 Å². The van der Waals surface area contributed by atoms with Crippen molar-refractivity contribution in [2.45, 2.75) is 40.5 Å². The average Bonchev–Trinajstić information content (AvgIpc) is 2.47. The third-order valence-corrected chi connectivity index (χ3v) is 4.77. The molecule has 2 heterocycles. The Morgan fingerprint density at radius 2 is 1.83 bits per heavy atom. The predicted octanol–water partition coefficient (Wildman–Crippen LogP) is 3.93. The minimum atomic E-state index is -0.0858. The Labute approximate surface area is 136 Å². The van der Waals surface area contributed by atoms with Crippen LogP contribution in [0.2, 0.25) is 0 Å². The summed E-state index contributed by atoms with van der Waals surface area (Å²) in [6, 6.07) is 5.14. The number of benzene rings is 1. The fourth-order valence-corrected chi connectivity index (χ4v) is 3.14. The summed E-state index contributed by atoms with van der Waals surface area (Å²) in [4.78, 5) is 26.5. The second-order valence-corrected chi connectivity index (χ2v) is 7.35. The Morgan fingerprint density at radius 1 is 1.17 bits per heavy atom. The van der Waals surface area contributed by atoms with Gasteiger partial charge < -0.3 is 9.32 Å². The van der Waals surface area contributed by atoms with Crippen molar-refractivity contribution < 1.29 is 9.21 Å². The Bertz CT molecular complexity index is 822. The SMILES string of the molecule is CC(=O)c1cc(C)cc2c(=O)cc(N3CCC(C)(C)CC3)oc12. The van der Waals surface area contributed by atoms with E-state index >= 15 is 0 Å². The lowest BCUT2D eigenvalue weighted by Crippen LogP contribution is -2.37. The summed E-state index contributed by atoms with van der Waals surface area (Å²) in [6.07, 6.45) is 2.12. The van der Waals surface area contributed by atoms with Gasteiger partial charge in [0.2, 0.25) is 0 Å². The van der Waals surface area contributed by atoms with Crippen molar-refractivity contribution in [1.82, 2.24) is 0 Å². The quantitative estimate of drug-likeness (QED) is 0.788. The van der Waals surface area contributed by atoms with Gasteiger partial charge in [-0.05, 0) is 49.8 Å². The molecule has 1 saturated heterocycles. The third-order valence-electron chi connectivity index (χ3n) is 4.77. The fraction of sp³-hybridized carbons (Fsp3) is 0.474. The Balaban J connectivity index is 2.11. The molecule has 0 N–H and O–H groups in total. The molecule has 1 fully saturated rings. The molecule has 122 valence electrons. The molecule has 0 atom stereocenters. The van der Waals surface area contributed by atoms with Crippen molar-refractivity contribution in [3.8, 4) is 0 Å². The van der Waals surface area contributed by atoms with Gasteiger partial charge in [-0.3, -0.25) is 9.59 Å². The number of Topliss-reactive ketones (excluding diaryl/α,β-unsaturated/α-hetero) is 1. The number of hydrogen-bond acceptors (Lipinski definition) is 4. The number of carbonyl (C=O) groups is 1. The maximum Gasteiger partial charge on any atom is 0.200 e. The summed E-state index contributed by atoms with van der Waals surface area (Å²) in [6.45, 7) is 9.64. The van der Waals surface area contributed by atoms with E-state index in [1.807, 2.05) is 6.92 Å². The first-order chi connectivity index (χ1) is 10.8. The van der Waals surface area contributed by atoms with Gasteiger partial charge in [-0.1, -0.05) is 13.8 Å². The van der Waals surface area contributed by atoms with Gasteiger partial charge in [0.1, 0.15) is 0 Å². The molecule has 1 aliphatic heterocycles. The summed E-state index contributed by atoms with van der Waals surface area (Å²) >= 11 is 0. The normalized spacial score (nSPS) is 17.5. The molecule has 0 spiro atoms.